The number of carbonyl (C=O) groups is 1. The van der Waals surface area contributed by atoms with Crippen molar-refractivity contribution in [3.63, 3.8) is 0 Å². The third-order valence-electron chi connectivity index (χ3n) is 5.72. The van der Waals surface area contributed by atoms with Gasteiger partial charge in [-0.25, -0.2) is 9.79 Å². The van der Waals surface area contributed by atoms with E-state index in [4.69, 9.17) is 9.73 Å². The molecule has 32 heavy (non-hydrogen) atoms. The van der Waals surface area contributed by atoms with Crippen molar-refractivity contribution < 1.29 is 14.6 Å². The molecule has 1 aliphatic carbocycles. The lowest BCUT2D eigenvalue weighted by molar-refractivity contribution is 0.0601. The summed E-state index contributed by atoms with van der Waals surface area (Å²) in [6.45, 7) is 0.00767. The Morgan fingerprint density at radius 2 is 1.50 bits per heavy atom. The van der Waals surface area contributed by atoms with E-state index in [1.807, 2.05) is 48.5 Å². The van der Waals surface area contributed by atoms with Gasteiger partial charge in [-0.1, -0.05) is 60.7 Å². The molecular weight excluding hydrogens is 398 g/mol. The van der Waals surface area contributed by atoms with Crippen LogP contribution in [0.3, 0.4) is 0 Å². The van der Waals surface area contributed by atoms with Crippen LogP contribution in [-0.2, 0) is 11.3 Å². The summed E-state index contributed by atoms with van der Waals surface area (Å²) in [6.07, 6.45) is 0. The number of aliphatic hydroxyl groups excluding tert-OH is 1. The van der Waals surface area contributed by atoms with E-state index in [0.717, 1.165) is 50.3 Å². The first kappa shape index (κ1) is 19.9. The average Bonchev–Trinajstić information content (AvgIpc) is 3.18. The number of carbonyl (C=O) groups excluding carboxylic acids is 1. The Bertz CT molecular complexity index is 1350. The van der Waals surface area contributed by atoms with Gasteiger partial charge < -0.3 is 9.84 Å². The van der Waals surface area contributed by atoms with E-state index in [-0.39, 0.29) is 12.6 Å². The van der Waals surface area contributed by atoms with Crippen molar-refractivity contribution in [3.05, 3.63) is 113 Å². The van der Waals surface area contributed by atoms with Gasteiger partial charge in [-0.2, -0.15) is 0 Å². The fourth-order valence-corrected chi connectivity index (χ4v) is 4.21. The number of rotatable bonds is 4. The second kappa shape index (κ2) is 8.25. The number of aliphatic imine (C=N–C) groups is 1. The van der Waals surface area contributed by atoms with E-state index < -0.39 is 0 Å². The topological polar surface area (TPSA) is 58.9 Å². The lowest BCUT2D eigenvalue weighted by Crippen LogP contribution is -2.00. The van der Waals surface area contributed by atoms with Crippen molar-refractivity contribution in [2.75, 3.05) is 7.11 Å². The predicted molar refractivity (Wildman–Crippen MR) is 126 cm³/mol. The predicted octanol–water partition coefficient (Wildman–Crippen LogP) is 5.78. The van der Waals surface area contributed by atoms with Crippen LogP contribution < -0.4 is 0 Å². The fraction of sp³-hybridized carbons (Fsp3) is 0.0714. The number of methoxy groups -OCH3 is 1. The second-order valence-corrected chi connectivity index (χ2v) is 7.63. The minimum absolute atomic E-state index is 0.00767. The molecule has 0 bridgehead atoms. The number of benzene rings is 4. The molecule has 4 aromatic rings. The summed E-state index contributed by atoms with van der Waals surface area (Å²) in [5.74, 6) is -0.365. The van der Waals surface area contributed by atoms with Gasteiger partial charge in [-0.15, -0.1) is 0 Å². The monoisotopic (exact) mass is 419 g/mol. The molecule has 0 heterocycles. The Morgan fingerprint density at radius 3 is 2.25 bits per heavy atom. The molecule has 1 aliphatic rings. The third-order valence-corrected chi connectivity index (χ3v) is 5.72. The Morgan fingerprint density at radius 1 is 0.812 bits per heavy atom. The van der Waals surface area contributed by atoms with E-state index >= 15 is 0 Å². The second-order valence-electron chi connectivity index (χ2n) is 7.63. The molecule has 5 rings (SSSR count). The summed E-state index contributed by atoms with van der Waals surface area (Å²) in [6, 6.07) is 29.6. The Kier molecular flexibility index (Phi) is 5.13. The van der Waals surface area contributed by atoms with Crippen LogP contribution in [0.15, 0.2) is 96.0 Å². The van der Waals surface area contributed by atoms with Gasteiger partial charge in [0, 0.05) is 11.1 Å². The number of ether oxygens (including phenoxy) is 1. The Hall–Kier alpha value is -4.02. The first-order valence-electron chi connectivity index (χ1n) is 10.4. The minimum Gasteiger partial charge on any atom is -0.465 e. The molecule has 0 unspecified atom stereocenters. The number of hydrogen-bond acceptors (Lipinski definition) is 4. The first-order chi connectivity index (χ1) is 15.7. The molecule has 0 aliphatic heterocycles. The Labute approximate surface area is 186 Å². The lowest BCUT2D eigenvalue weighted by Gasteiger charge is -2.11. The molecule has 1 N–H and O–H groups in total. The Balaban J connectivity index is 1.67. The third kappa shape index (κ3) is 3.41. The summed E-state index contributed by atoms with van der Waals surface area (Å²) in [5, 5.41) is 9.59. The summed E-state index contributed by atoms with van der Waals surface area (Å²) in [7, 11) is 1.37. The maximum atomic E-state index is 11.7. The van der Waals surface area contributed by atoms with Crippen LogP contribution in [0.4, 0.5) is 5.69 Å². The molecule has 0 spiro atoms. The highest BCUT2D eigenvalue weighted by molar-refractivity contribution is 6.26. The molecule has 4 nitrogen and oxygen atoms in total. The molecule has 0 aromatic heterocycles. The van der Waals surface area contributed by atoms with Crippen molar-refractivity contribution >= 4 is 17.4 Å². The van der Waals surface area contributed by atoms with Crippen molar-refractivity contribution in [2.45, 2.75) is 6.61 Å². The lowest BCUT2D eigenvalue weighted by atomic mass is 9.93. The quantitative estimate of drug-likeness (QED) is 0.376. The van der Waals surface area contributed by atoms with Gasteiger partial charge in [-0.05, 0) is 58.1 Å². The van der Waals surface area contributed by atoms with E-state index in [2.05, 4.69) is 30.3 Å². The zero-order chi connectivity index (χ0) is 22.1. The van der Waals surface area contributed by atoms with E-state index in [1.165, 1.54) is 7.11 Å². The van der Waals surface area contributed by atoms with Gasteiger partial charge in [0.25, 0.3) is 0 Å². The number of fused-ring (bicyclic) bond motifs is 3. The summed E-state index contributed by atoms with van der Waals surface area (Å²) in [5.41, 5.74) is 9.63. The van der Waals surface area contributed by atoms with Crippen LogP contribution in [0.25, 0.3) is 22.3 Å². The zero-order valence-electron chi connectivity index (χ0n) is 17.6. The summed E-state index contributed by atoms with van der Waals surface area (Å²) >= 11 is 0. The number of nitrogens with zero attached hydrogens (tertiary/aromatic N) is 1. The molecule has 0 fully saturated rings. The van der Waals surface area contributed by atoms with E-state index in [1.54, 1.807) is 12.1 Å². The largest absolute Gasteiger partial charge is 0.465 e. The summed E-state index contributed by atoms with van der Waals surface area (Å²) < 4.78 is 4.78. The van der Waals surface area contributed by atoms with E-state index in [0.29, 0.717) is 5.56 Å². The van der Waals surface area contributed by atoms with Gasteiger partial charge in [0.2, 0.25) is 0 Å². The molecule has 156 valence electrons. The standard InChI is InChI=1S/C28H21NO3/c1-32-28(31)19-12-14-21(15-13-19)29-27-24-9-3-2-8-23(24)26-22(10-5-11-25(26)27)20-7-4-6-18(16-20)17-30/h2-16,30H,17H2,1H3/b29-27-. The average molecular weight is 419 g/mol. The van der Waals surface area contributed by atoms with Crippen LogP contribution in [0, 0.1) is 0 Å². The van der Waals surface area contributed by atoms with Crippen LogP contribution in [0.2, 0.25) is 0 Å². The van der Waals surface area contributed by atoms with Crippen LogP contribution >= 0.6 is 0 Å². The van der Waals surface area contributed by atoms with Crippen molar-refractivity contribution in [2.24, 2.45) is 4.99 Å². The maximum absolute atomic E-state index is 11.7. The van der Waals surface area contributed by atoms with Gasteiger partial charge in [0.15, 0.2) is 0 Å². The van der Waals surface area contributed by atoms with Crippen LogP contribution in [0.1, 0.15) is 27.0 Å². The van der Waals surface area contributed by atoms with Crippen molar-refractivity contribution in [1.29, 1.82) is 0 Å². The van der Waals surface area contributed by atoms with Crippen molar-refractivity contribution in [3.8, 4) is 22.3 Å². The van der Waals surface area contributed by atoms with Crippen LogP contribution in [0.5, 0.6) is 0 Å². The molecule has 4 aromatic carbocycles. The highest BCUT2D eigenvalue weighted by atomic mass is 16.5. The molecule has 4 heteroatoms. The smallest absolute Gasteiger partial charge is 0.337 e. The molecular formula is C28H21NO3. The maximum Gasteiger partial charge on any atom is 0.337 e. The number of hydrogen-bond donors (Lipinski definition) is 1. The van der Waals surface area contributed by atoms with Gasteiger partial charge >= 0.3 is 5.97 Å². The van der Waals surface area contributed by atoms with Gasteiger partial charge in [0.1, 0.15) is 0 Å². The van der Waals surface area contributed by atoms with Crippen molar-refractivity contribution in [1.82, 2.24) is 0 Å². The van der Waals surface area contributed by atoms with E-state index in [9.17, 15) is 9.90 Å². The molecule has 0 atom stereocenters. The minimum atomic E-state index is -0.365. The summed E-state index contributed by atoms with van der Waals surface area (Å²) in [4.78, 5) is 16.7. The molecule has 0 saturated carbocycles. The van der Waals surface area contributed by atoms with Crippen LogP contribution in [-0.4, -0.2) is 23.9 Å². The normalized spacial score (nSPS) is 13.0. The number of aliphatic hydroxyl groups is 1. The van der Waals surface area contributed by atoms with Gasteiger partial charge in [0.05, 0.1) is 30.7 Å². The molecule has 0 amide bonds. The SMILES string of the molecule is COC(=O)c1ccc(/N=C2/c3ccccc3-c3c2cccc3-c2cccc(CO)c2)cc1. The molecule has 0 saturated heterocycles. The highest BCUT2D eigenvalue weighted by Crippen LogP contribution is 2.43. The molecule has 0 radical (unpaired) electrons. The highest BCUT2D eigenvalue weighted by Gasteiger charge is 2.27. The zero-order valence-corrected chi connectivity index (χ0v) is 17.6. The first-order valence-corrected chi connectivity index (χ1v) is 10.4. The fourth-order valence-electron chi connectivity index (χ4n) is 4.21. The van der Waals surface area contributed by atoms with Gasteiger partial charge in [-0.3, -0.25) is 0 Å². The number of esters is 1.